The van der Waals surface area contributed by atoms with Gasteiger partial charge in [-0.2, -0.15) is 0 Å². The van der Waals surface area contributed by atoms with E-state index in [2.05, 4.69) is 4.98 Å². The van der Waals surface area contributed by atoms with Gasteiger partial charge in [-0.1, -0.05) is 13.8 Å². The zero-order valence-corrected chi connectivity index (χ0v) is 13.1. The third kappa shape index (κ3) is 2.65. The summed E-state index contributed by atoms with van der Waals surface area (Å²) in [7, 11) is 1.80. The molecule has 0 aromatic carbocycles. The highest BCUT2D eigenvalue weighted by Gasteiger charge is 2.18. The van der Waals surface area contributed by atoms with Crippen LogP contribution in [0.25, 0.3) is 11.2 Å². The van der Waals surface area contributed by atoms with Crippen molar-refractivity contribution in [1.29, 1.82) is 0 Å². The number of aromatic nitrogens is 4. The fourth-order valence-electron chi connectivity index (χ4n) is 2.45. The highest BCUT2D eigenvalue weighted by Crippen LogP contribution is 2.10. The first-order chi connectivity index (χ1) is 9.88. The van der Waals surface area contributed by atoms with Crippen molar-refractivity contribution in [3.05, 3.63) is 26.7 Å². The second-order valence-corrected chi connectivity index (χ2v) is 5.78. The minimum absolute atomic E-state index is 0.286. The Kier molecular flexibility index (Phi) is 4.32. The summed E-state index contributed by atoms with van der Waals surface area (Å²) >= 11 is 0. The van der Waals surface area contributed by atoms with Crippen molar-refractivity contribution >= 4 is 11.2 Å². The van der Waals surface area contributed by atoms with Gasteiger partial charge >= 0.3 is 5.69 Å². The highest BCUT2D eigenvalue weighted by molar-refractivity contribution is 5.70. The molecule has 7 nitrogen and oxygen atoms in total. The third-order valence-corrected chi connectivity index (χ3v) is 3.60. The Hall–Kier alpha value is -1.89. The first-order valence-electron chi connectivity index (χ1n) is 7.25. The van der Waals surface area contributed by atoms with Crippen molar-refractivity contribution in [1.82, 2.24) is 18.7 Å². The molecule has 0 amide bonds. The zero-order chi connectivity index (χ0) is 15.7. The van der Waals surface area contributed by atoms with Crippen molar-refractivity contribution in [2.75, 3.05) is 6.54 Å². The molecule has 0 radical (unpaired) electrons. The van der Waals surface area contributed by atoms with Crippen molar-refractivity contribution in [3.63, 3.8) is 0 Å². The number of rotatable bonds is 5. The lowest BCUT2D eigenvalue weighted by atomic mass is 10.2. The predicted octanol–water partition coefficient (Wildman–Crippen LogP) is 0.210. The van der Waals surface area contributed by atoms with Gasteiger partial charge in [-0.3, -0.25) is 13.9 Å². The van der Waals surface area contributed by atoms with Crippen molar-refractivity contribution in [2.45, 2.75) is 40.3 Å². The van der Waals surface area contributed by atoms with E-state index in [-0.39, 0.29) is 17.2 Å². The Morgan fingerprint density at radius 3 is 2.48 bits per heavy atom. The molecule has 0 aliphatic heterocycles. The molecule has 2 rings (SSSR count). The van der Waals surface area contributed by atoms with Gasteiger partial charge in [0.1, 0.15) is 5.82 Å². The van der Waals surface area contributed by atoms with Crippen LogP contribution in [0.3, 0.4) is 0 Å². The van der Waals surface area contributed by atoms with Crippen LogP contribution >= 0.6 is 0 Å². The van der Waals surface area contributed by atoms with Gasteiger partial charge in [0.15, 0.2) is 11.2 Å². The van der Waals surface area contributed by atoms with Gasteiger partial charge in [-0.25, -0.2) is 9.78 Å². The lowest BCUT2D eigenvalue weighted by Crippen LogP contribution is -2.41. The summed E-state index contributed by atoms with van der Waals surface area (Å²) in [4.78, 5) is 29.6. The van der Waals surface area contributed by atoms with Gasteiger partial charge in [0, 0.05) is 20.1 Å². The number of aryl methyl sites for hydroxylation is 2. The summed E-state index contributed by atoms with van der Waals surface area (Å²) in [5, 5.41) is 0. The first kappa shape index (κ1) is 15.5. The van der Waals surface area contributed by atoms with E-state index in [1.165, 1.54) is 4.57 Å². The van der Waals surface area contributed by atoms with Crippen LogP contribution in [0.4, 0.5) is 0 Å². The Bertz CT molecular complexity index is 766. The number of nitrogens with zero attached hydrogens (tertiary/aromatic N) is 4. The number of imidazole rings is 1. The van der Waals surface area contributed by atoms with E-state index in [4.69, 9.17) is 5.73 Å². The Morgan fingerprint density at radius 2 is 1.90 bits per heavy atom. The molecule has 7 heteroatoms. The zero-order valence-electron chi connectivity index (χ0n) is 13.1. The average Bonchev–Trinajstić information content (AvgIpc) is 2.71. The van der Waals surface area contributed by atoms with Crippen LogP contribution in [0.1, 0.15) is 26.1 Å². The van der Waals surface area contributed by atoms with Crippen LogP contribution in [0.5, 0.6) is 0 Å². The molecule has 0 aliphatic rings. The number of hydrogen-bond acceptors (Lipinski definition) is 4. The monoisotopic (exact) mass is 293 g/mol. The molecule has 0 unspecified atom stereocenters. The fraction of sp³-hybridized carbons (Fsp3) is 0.643. The maximum atomic E-state index is 12.6. The van der Waals surface area contributed by atoms with E-state index in [1.807, 2.05) is 20.8 Å². The summed E-state index contributed by atoms with van der Waals surface area (Å²) in [6.45, 7) is 7.21. The molecule has 2 heterocycles. The molecule has 21 heavy (non-hydrogen) atoms. The fourth-order valence-corrected chi connectivity index (χ4v) is 2.45. The number of fused-ring (bicyclic) bond motifs is 1. The van der Waals surface area contributed by atoms with Crippen LogP contribution in [-0.2, 0) is 20.1 Å². The Balaban J connectivity index is 2.83. The highest BCUT2D eigenvalue weighted by atomic mass is 16.2. The van der Waals surface area contributed by atoms with Crippen molar-refractivity contribution in [2.24, 2.45) is 18.7 Å². The summed E-state index contributed by atoms with van der Waals surface area (Å²) in [5.74, 6) is 1.00. The molecule has 2 aromatic rings. The van der Waals surface area contributed by atoms with Gasteiger partial charge in [-0.05, 0) is 25.8 Å². The molecule has 0 spiro atoms. The second-order valence-electron chi connectivity index (χ2n) is 5.78. The maximum Gasteiger partial charge on any atom is 0.332 e. The molecule has 0 atom stereocenters. The minimum atomic E-state index is -0.298. The molecular weight excluding hydrogens is 270 g/mol. The second kappa shape index (κ2) is 5.85. The summed E-state index contributed by atoms with van der Waals surface area (Å²) < 4.78 is 4.62. The van der Waals surface area contributed by atoms with Crippen LogP contribution in [0.15, 0.2) is 9.59 Å². The Labute approximate surface area is 123 Å². The largest absolute Gasteiger partial charge is 0.332 e. The SMILES string of the molecule is Cc1nc2c(c(=O)n(CCCN)c(=O)n2CC(C)C)n1C. The lowest BCUT2D eigenvalue weighted by molar-refractivity contribution is 0.482. The molecule has 0 fully saturated rings. The predicted molar refractivity (Wildman–Crippen MR) is 82.5 cm³/mol. The molecule has 0 bridgehead atoms. The molecule has 2 aromatic heterocycles. The molecular formula is C14H23N5O2. The van der Waals surface area contributed by atoms with Gasteiger partial charge in [0.25, 0.3) is 5.56 Å². The average molecular weight is 293 g/mol. The van der Waals surface area contributed by atoms with E-state index >= 15 is 0 Å². The van der Waals surface area contributed by atoms with E-state index in [9.17, 15) is 9.59 Å². The summed E-state index contributed by atoms with van der Waals surface area (Å²) in [6, 6.07) is 0. The lowest BCUT2D eigenvalue weighted by Gasteiger charge is -2.13. The molecule has 2 N–H and O–H groups in total. The van der Waals surface area contributed by atoms with E-state index in [0.717, 1.165) is 5.82 Å². The van der Waals surface area contributed by atoms with E-state index < -0.39 is 0 Å². The van der Waals surface area contributed by atoms with Crippen molar-refractivity contribution < 1.29 is 0 Å². The van der Waals surface area contributed by atoms with E-state index in [0.29, 0.717) is 37.2 Å². The third-order valence-electron chi connectivity index (χ3n) is 3.60. The Morgan fingerprint density at radius 1 is 1.24 bits per heavy atom. The molecule has 0 aliphatic carbocycles. The number of hydrogen-bond donors (Lipinski definition) is 1. The van der Waals surface area contributed by atoms with Crippen LogP contribution < -0.4 is 17.0 Å². The summed E-state index contributed by atoms with van der Waals surface area (Å²) in [5.41, 5.74) is 5.87. The summed E-state index contributed by atoms with van der Waals surface area (Å²) in [6.07, 6.45) is 0.596. The molecule has 116 valence electrons. The van der Waals surface area contributed by atoms with Crippen LogP contribution in [-0.4, -0.2) is 25.2 Å². The first-order valence-corrected chi connectivity index (χ1v) is 7.25. The standard InChI is InChI=1S/C14H23N5O2/c1-9(2)8-19-12-11(17(4)10(3)16-12)13(20)18(14(19)21)7-5-6-15/h9H,5-8,15H2,1-4H3. The van der Waals surface area contributed by atoms with Gasteiger partial charge in [0.05, 0.1) is 0 Å². The topological polar surface area (TPSA) is 87.8 Å². The van der Waals surface area contributed by atoms with E-state index in [1.54, 1.807) is 16.2 Å². The van der Waals surface area contributed by atoms with Crippen molar-refractivity contribution in [3.8, 4) is 0 Å². The molecule has 0 saturated carbocycles. The molecule has 0 saturated heterocycles. The van der Waals surface area contributed by atoms with Gasteiger partial charge < -0.3 is 10.3 Å². The van der Waals surface area contributed by atoms with Crippen LogP contribution in [0, 0.1) is 12.8 Å². The van der Waals surface area contributed by atoms with Gasteiger partial charge in [0.2, 0.25) is 0 Å². The quantitative estimate of drug-likeness (QED) is 0.853. The maximum absolute atomic E-state index is 12.6. The smallest absolute Gasteiger partial charge is 0.330 e. The normalized spacial score (nSPS) is 11.7. The minimum Gasteiger partial charge on any atom is -0.330 e. The number of nitrogens with two attached hydrogens (primary N) is 1. The van der Waals surface area contributed by atoms with Gasteiger partial charge in [-0.15, -0.1) is 0 Å². The van der Waals surface area contributed by atoms with Crippen LogP contribution in [0.2, 0.25) is 0 Å².